The lowest BCUT2D eigenvalue weighted by Gasteiger charge is -2.39. The third-order valence-electron chi connectivity index (χ3n) is 9.24. The van der Waals surface area contributed by atoms with Crippen molar-refractivity contribution in [3.8, 4) is 6.07 Å². The van der Waals surface area contributed by atoms with Crippen molar-refractivity contribution >= 4 is 51.8 Å². The van der Waals surface area contributed by atoms with Crippen LogP contribution in [0.5, 0.6) is 0 Å². The minimum absolute atomic E-state index is 0.104. The topological polar surface area (TPSA) is 72.6 Å². The number of thioether (sulfide) groups is 1. The van der Waals surface area contributed by atoms with Crippen molar-refractivity contribution in [3.05, 3.63) is 62.0 Å². The lowest BCUT2D eigenvalue weighted by molar-refractivity contribution is -0.122. The minimum atomic E-state index is -0.292. The molecule has 1 amide bonds. The van der Waals surface area contributed by atoms with Crippen LogP contribution >= 0.6 is 24.0 Å². The zero-order valence-electron chi connectivity index (χ0n) is 28.4. The molecule has 0 aliphatic carbocycles. The van der Waals surface area contributed by atoms with Gasteiger partial charge in [0.2, 0.25) is 0 Å². The van der Waals surface area contributed by atoms with E-state index in [0.29, 0.717) is 54.1 Å². The molecular formula is C37H50FN5O2S2. The van der Waals surface area contributed by atoms with E-state index >= 15 is 0 Å². The Morgan fingerprint density at radius 3 is 2.02 bits per heavy atom. The number of pyridine rings is 1. The fraction of sp³-hybridized carbons (Fsp3) is 0.568. The number of nitrogens with zero attached hydrogens (tertiary/aromatic N) is 5. The van der Waals surface area contributed by atoms with Crippen molar-refractivity contribution in [1.29, 1.82) is 5.26 Å². The molecule has 254 valence electrons. The first kappa shape index (κ1) is 36.7. The molecule has 2 aliphatic heterocycles. The van der Waals surface area contributed by atoms with Gasteiger partial charge in [0.15, 0.2) is 0 Å². The molecule has 2 aromatic rings. The molecule has 0 unspecified atom stereocenters. The van der Waals surface area contributed by atoms with Gasteiger partial charge in [-0.25, -0.2) is 4.39 Å². The molecule has 4 rings (SSSR count). The second kappa shape index (κ2) is 18.4. The van der Waals surface area contributed by atoms with Gasteiger partial charge in [0.1, 0.15) is 27.6 Å². The van der Waals surface area contributed by atoms with Gasteiger partial charge in [-0.3, -0.25) is 19.1 Å². The van der Waals surface area contributed by atoms with Gasteiger partial charge in [0, 0.05) is 50.5 Å². The molecule has 0 atom stereocenters. The zero-order chi connectivity index (χ0) is 33.8. The van der Waals surface area contributed by atoms with E-state index in [1.807, 2.05) is 6.08 Å². The second-order valence-corrected chi connectivity index (χ2v) is 14.3. The van der Waals surface area contributed by atoms with Gasteiger partial charge >= 0.3 is 0 Å². The molecule has 47 heavy (non-hydrogen) atoms. The number of thiocarbonyl (C=S) groups is 1. The average Bonchev–Trinajstić information content (AvgIpc) is 3.34. The molecule has 2 saturated heterocycles. The highest BCUT2D eigenvalue weighted by atomic mass is 32.2. The van der Waals surface area contributed by atoms with Crippen LogP contribution in [-0.4, -0.2) is 52.4 Å². The quantitative estimate of drug-likeness (QED) is 0.0945. The number of rotatable bonds is 17. The van der Waals surface area contributed by atoms with Gasteiger partial charge < -0.3 is 9.80 Å². The van der Waals surface area contributed by atoms with E-state index in [1.165, 1.54) is 75.3 Å². The number of carbonyl (C=O) groups is 1. The van der Waals surface area contributed by atoms with Crippen molar-refractivity contribution in [2.45, 2.75) is 104 Å². The third kappa shape index (κ3) is 9.48. The lowest BCUT2D eigenvalue weighted by Crippen LogP contribution is -2.48. The van der Waals surface area contributed by atoms with Crippen molar-refractivity contribution < 1.29 is 9.18 Å². The maximum atomic E-state index is 13.7. The van der Waals surface area contributed by atoms with Crippen LogP contribution in [0.4, 0.5) is 15.9 Å². The molecule has 2 fully saturated rings. The summed E-state index contributed by atoms with van der Waals surface area (Å²) >= 11 is 6.98. The summed E-state index contributed by atoms with van der Waals surface area (Å²) in [6, 6.07) is 8.67. The number of halogens is 1. The summed E-state index contributed by atoms with van der Waals surface area (Å²) < 4.78 is 15.8. The first-order chi connectivity index (χ1) is 22.8. The first-order valence-corrected chi connectivity index (χ1v) is 18.7. The summed E-state index contributed by atoms with van der Waals surface area (Å²) in [6.07, 6.45) is 15.8. The monoisotopic (exact) mass is 679 g/mol. The summed E-state index contributed by atoms with van der Waals surface area (Å²) in [5.41, 5.74) is 2.09. The van der Waals surface area contributed by atoms with Crippen molar-refractivity contribution in [2.75, 3.05) is 42.5 Å². The Hall–Kier alpha value is -3.16. The van der Waals surface area contributed by atoms with E-state index in [-0.39, 0.29) is 22.8 Å². The fourth-order valence-electron chi connectivity index (χ4n) is 6.42. The van der Waals surface area contributed by atoms with Gasteiger partial charge in [0.05, 0.1) is 4.91 Å². The van der Waals surface area contributed by atoms with Crippen molar-refractivity contribution in [3.63, 3.8) is 0 Å². The van der Waals surface area contributed by atoms with Gasteiger partial charge in [-0.05, 0) is 55.7 Å². The fourth-order valence-corrected chi connectivity index (χ4v) is 7.71. The number of aromatic nitrogens is 1. The molecule has 0 bridgehead atoms. The Balaban J connectivity index is 1.52. The molecule has 1 aromatic heterocycles. The lowest BCUT2D eigenvalue weighted by atomic mass is 10.0. The molecular weight excluding hydrogens is 630 g/mol. The predicted molar refractivity (Wildman–Crippen MR) is 198 cm³/mol. The third-order valence-corrected chi connectivity index (χ3v) is 10.6. The molecule has 0 N–H and O–H groups in total. The molecule has 3 heterocycles. The Morgan fingerprint density at radius 1 is 0.851 bits per heavy atom. The number of benzene rings is 1. The number of unbranched alkanes of at least 4 members (excludes halogenated alkanes) is 10. The van der Waals surface area contributed by atoms with Gasteiger partial charge in [-0.1, -0.05) is 102 Å². The molecule has 7 nitrogen and oxygen atoms in total. The zero-order valence-corrected chi connectivity index (χ0v) is 30.0. The van der Waals surface area contributed by atoms with E-state index in [1.54, 1.807) is 28.5 Å². The summed E-state index contributed by atoms with van der Waals surface area (Å²) in [6.45, 7) is 9.86. The van der Waals surface area contributed by atoms with Crippen LogP contribution in [0.1, 0.15) is 108 Å². The number of hydrogen-bond acceptors (Lipinski definition) is 7. The van der Waals surface area contributed by atoms with Gasteiger partial charge in [-0.2, -0.15) is 5.26 Å². The Kier molecular flexibility index (Phi) is 14.4. The highest BCUT2D eigenvalue weighted by molar-refractivity contribution is 8.26. The highest BCUT2D eigenvalue weighted by Crippen LogP contribution is 2.36. The van der Waals surface area contributed by atoms with Crippen LogP contribution in [0, 0.1) is 24.1 Å². The predicted octanol–water partition coefficient (Wildman–Crippen LogP) is 8.42. The minimum Gasteiger partial charge on any atom is -0.368 e. The number of anilines is 2. The van der Waals surface area contributed by atoms with Crippen LogP contribution in [-0.2, 0) is 11.3 Å². The maximum Gasteiger partial charge on any atom is 0.270 e. The van der Waals surface area contributed by atoms with Gasteiger partial charge in [-0.15, -0.1) is 0 Å². The van der Waals surface area contributed by atoms with Crippen LogP contribution < -0.4 is 15.4 Å². The number of hydrogen-bond donors (Lipinski definition) is 0. The smallest absolute Gasteiger partial charge is 0.270 e. The molecule has 1 aromatic carbocycles. The maximum absolute atomic E-state index is 13.7. The van der Waals surface area contributed by atoms with Crippen molar-refractivity contribution in [1.82, 2.24) is 9.47 Å². The number of piperazine rings is 1. The SMILES string of the molecule is CCCCCCCCCCCCN1C(=O)/C(=C/c2c(C)c(C#N)c(=O)n(CCCC)c2N2CCN(c3ccc(F)cc3)CC2)SC1=S. The molecule has 0 radical (unpaired) electrons. The number of nitriles is 1. The summed E-state index contributed by atoms with van der Waals surface area (Å²) in [7, 11) is 0. The average molecular weight is 680 g/mol. The van der Waals surface area contributed by atoms with E-state index in [2.05, 4.69) is 29.7 Å². The van der Waals surface area contributed by atoms with E-state index in [9.17, 15) is 19.2 Å². The largest absolute Gasteiger partial charge is 0.368 e. The number of amides is 1. The van der Waals surface area contributed by atoms with Crippen LogP contribution in [0.2, 0.25) is 0 Å². The Morgan fingerprint density at radius 2 is 1.43 bits per heavy atom. The van der Waals surface area contributed by atoms with E-state index in [4.69, 9.17) is 12.2 Å². The first-order valence-electron chi connectivity index (χ1n) is 17.5. The van der Waals surface area contributed by atoms with Crippen LogP contribution in [0.3, 0.4) is 0 Å². The Labute approximate surface area is 289 Å². The standard InChI is InChI=1S/C37H50FN5O2S2/c1-4-6-8-9-10-11-12-13-14-15-21-43-36(45)33(47-37(43)46)26-31-28(3)32(27-39)35(44)42(20-7-5-2)34(31)41-24-22-40(23-25-41)30-18-16-29(38)17-19-30/h16-19,26H,4-15,20-25H2,1-3H3/b33-26-. The molecule has 2 aliphatic rings. The normalized spacial score (nSPS) is 16.1. The van der Waals surface area contributed by atoms with Crippen molar-refractivity contribution in [2.24, 2.45) is 0 Å². The summed E-state index contributed by atoms with van der Waals surface area (Å²) in [5.74, 6) is 0.379. The molecule has 0 spiro atoms. The molecule has 0 saturated carbocycles. The Bertz CT molecular complexity index is 1510. The van der Waals surface area contributed by atoms with Crippen LogP contribution in [0.15, 0.2) is 34.0 Å². The highest BCUT2D eigenvalue weighted by Gasteiger charge is 2.33. The number of carbonyl (C=O) groups excluding carboxylic acids is 1. The van der Waals surface area contributed by atoms with E-state index < -0.39 is 0 Å². The molecule has 10 heteroatoms. The van der Waals surface area contributed by atoms with Crippen LogP contribution in [0.25, 0.3) is 6.08 Å². The summed E-state index contributed by atoms with van der Waals surface area (Å²) in [4.78, 5) is 34.0. The summed E-state index contributed by atoms with van der Waals surface area (Å²) in [5, 5.41) is 10.0. The van der Waals surface area contributed by atoms with Gasteiger partial charge in [0.25, 0.3) is 11.5 Å². The second-order valence-electron chi connectivity index (χ2n) is 12.6. The van der Waals surface area contributed by atoms with E-state index in [0.717, 1.165) is 42.8 Å².